The van der Waals surface area contributed by atoms with E-state index in [0.717, 1.165) is 30.3 Å². The van der Waals surface area contributed by atoms with E-state index in [4.69, 9.17) is 4.74 Å². The minimum absolute atomic E-state index is 0.178. The fraction of sp³-hybridized carbons (Fsp3) is 0.333. The molecule has 0 spiro atoms. The molecule has 0 heterocycles. The van der Waals surface area contributed by atoms with Crippen LogP contribution in [0.2, 0.25) is 0 Å². The SMILES string of the molecule is C=COC(=O)C1(c2ccc(F)cc2)C=CC(CC)=C(CC)C1(C(=O)OP)C(F)(F)F. The number of rotatable bonds is 6. The number of hydrogen-bond acceptors (Lipinski definition) is 4. The monoisotopic (exact) mass is 444 g/mol. The molecule has 3 atom stereocenters. The summed E-state index contributed by atoms with van der Waals surface area (Å²) in [5, 5.41) is 0. The van der Waals surface area contributed by atoms with Gasteiger partial charge in [-0.1, -0.05) is 44.7 Å². The normalized spacial score (nSPS) is 23.8. The van der Waals surface area contributed by atoms with Crippen molar-refractivity contribution in [1.29, 1.82) is 0 Å². The van der Waals surface area contributed by atoms with Crippen LogP contribution in [0.15, 0.2) is 60.4 Å². The molecule has 1 aliphatic carbocycles. The minimum Gasteiger partial charge on any atom is -0.451 e. The van der Waals surface area contributed by atoms with Crippen molar-refractivity contribution in [1.82, 2.24) is 0 Å². The van der Waals surface area contributed by atoms with E-state index in [1.165, 1.54) is 22.5 Å². The fourth-order valence-electron chi connectivity index (χ4n) is 4.17. The first kappa shape index (κ1) is 23.8. The number of carbonyl (C=O) groups is 2. The highest BCUT2D eigenvalue weighted by molar-refractivity contribution is 7.10. The third kappa shape index (κ3) is 3.27. The number of allylic oxidation sites excluding steroid dienone is 2. The summed E-state index contributed by atoms with van der Waals surface area (Å²) >= 11 is 0. The van der Waals surface area contributed by atoms with Gasteiger partial charge < -0.3 is 9.26 Å². The number of hydrogen-bond donors (Lipinski definition) is 0. The van der Waals surface area contributed by atoms with Crippen molar-refractivity contribution in [3.63, 3.8) is 0 Å². The van der Waals surface area contributed by atoms with Gasteiger partial charge in [-0.2, -0.15) is 13.2 Å². The Morgan fingerprint density at radius 3 is 2.17 bits per heavy atom. The van der Waals surface area contributed by atoms with Crippen LogP contribution in [-0.2, 0) is 24.3 Å². The van der Waals surface area contributed by atoms with Crippen LogP contribution in [0.25, 0.3) is 0 Å². The van der Waals surface area contributed by atoms with Crippen LogP contribution in [-0.4, -0.2) is 18.1 Å². The van der Waals surface area contributed by atoms with E-state index in [9.17, 15) is 27.2 Å². The molecular formula is C21H21F4O4P. The van der Waals surface area contributed by atoms with Crippen molar-refractivity contribution in [3.05, 3.63) is 71.8 Å². The summed E-state index contributed by atoms with van der Waals surface area (Å²) in [6, 6.07) is 3.85. The molecular weight excluding hydrogens is 423 g/mol. The average molecular weight is 444 g/mol. The lowest BCUT2D eigenvalue weighted by atomic mass is 9.52. The number of alkyl halides is 3. The van der Waals surface area contributed by atoms with Gasteiger partial charge in [0.2, 0.25) is 5.41 Å². The molecule has 0 amide bonds. The number of benzene rings is 1. The van der Waals surface area contributed by atoms with Gasteiger partial charge in [-0.25, -0.2) is 4.39 Å². The highest BCUT2D eigenvalue weighted by atomic mass is 31.0. The highest BCUT2D eigenvalue weighted by Crippen LogP contribution is 2.62. The van der Waals surface area contributed by atoms with Gasteiger partial charge in [0.25, 0.3) is 0 Å². The summed E-state index contributed by atoms with van der Waals surface area (Å²) in [6.07, 6.45) is -2.26. The molecule has 2 rings (SSSR count). The molecule has 0 saturated carbocycles. The topological polar surface area (TPSA) is 52.6 Å². The Balaban J connectivity index is 3.15. The lowest BCUT2D eigenvalue weighted by molar-refractivity contribution is -0.236. The zero-order chi connectivity index (χ0) is 22.7. The third-order valence-electron chi connectivity index (χ3n) is 5.35. The lowest BCUT2D eigenvalue weighted by Crippen LogP contribution is -2.64. The van der Waals surface area contributed by atoms with Crippen LogP contribution in [0.4, 0.5) is 17.6 Å². The molecule has 0 bridgehead atoms. The summed E-state index contributed by atoms with van der Waals surface area (Å²) in [7, 11) is 1.51. The van der Waals surface area contributed by atoms with Crippen LogP contribution >= 0.6 is 9.47 Å². The van der Waals surface area contributed by atoms with E-state index in [1.54, 1.807) is 6.92 Å². The standard InChI is InChI=1S/C21H21F4O4P/c1-4-13-11-12-19(17(26)28-6-3,14-7-9-15(22)10-8-14)20(16(13)5-2,18(27)29-30)21(23,24)25/h6-12H,3-5,30H2,1-2H3. The van der Waals surface area contributed by atoms with E-state index in [1.807, 2.05) is 0 Å². The molecule has 0 aromatic heterocycles. The molecule has 162 valence electrons. The van der Waals surface area contributed by atoms with Crippen molar-refractivity contribution in [2.45, 2.75) is 38.3 Å². The first-order chi connectivity index (χ1) is 14.1. The maximum absolute atomic E-state index is 15.0. The smallest absolute Gasteiger partial charge is 0.410 e. The number of esters is 1. The molecule has 0 fully saturated rings. The van der Waals surface area contributed by atoms with Gasteiger partial charge in [0.1, 0.15) is 11.2 Å². The van der Waals surface area contributed by atoms with Gasteiger partial charge in [0.15, 0.2) is 0 Å². The highest BCUT2D eigenvalue weighted by Gasteiger charge is 2.77. The van der Waals surface area contributed by atoms with Gasteiger partial charge in [0.05, 0.1) is 15.7 Å². The fourth-order valence-corrected chi connectivity index (χ4v) is 4.35. The molecule has 3 unspecified atom stereocenters. The Morgan fingerprint density at radius 2 is 1.73 bits per heavy atom. The van der Waals surface area contributed by atoms with Gasteiger partial charge in [-0.15, -0.1) is 0 Å². The predicted molar refractivity (Wildman–Crippen MR) is 105 cm³/mol. The van der Waals surface area contributed by atoms with Crippen LogP contribution in [0, 0.1) is 11.2 Å². The van der Waals surface area contributed by atoms with Crippen LogP contribution in [0.1, 0.15) is 32.3 Å². The Labute approximate surface area is 173 Å². The van der Waals surface area contributed by atoms with E-state index >= 15 is 0 Å². The molecule has 1 aliphatic rings. The molecule has 0 N–H and O–H groups in total. The molecule has 30 heavy (non-hydrogen) atoms. The van der Waals surface area contributed by atoms with E-state index in [-0.39, 0.29) is 29.6 Å². The summed E-state index contributed by atoms with van der Waals surface area (Å²) in [4.78, 5) is 26.2. The van der Waals surface area contributed by atoms with Gasteiger partial charge in [-0.3, -0.25) is 9.59 Å². The maximum Gasteiger partial charge on any atom is 0.410 e. The Kier molecular flexibility index (Phi) is 6.92. The quantitative estimate of drug-likeness (QED) is 0.258. The van der Waals surface area contributed by atoms with Crippen molar-refractivity contribution in [3.8, 4) is 0 Å². The lowest BCUT2D eigenvalue weighted by Gasteiger charge is -2.49. The second-order valence-electron chi connectivity index (χ2n) is 6.58. The summed E-state index contributed by atoms with van der Waals surface area (Å²) < 4.78 is 67.8. The summed E-state index contributed by atoms with van der Waals surface area (Å²) in [5.74, 6) is -3.82. The summed E-state index contributed by atoms with van der Waals surface area (Å²) in [5.41, 5.74) is -6.49. The van der Waals surface area contributed by atoms with Gasteiger partial charge in [0, 0.05) is 0 Å². The number of carbonyl (C=O) groups excluding carboxylic acids is 2. The Bertz CT molecular complexity index is 905. The van der Waals surface area contributed by atoms with Crippen LogP contribution in [0.3, 0.4) is 0 Å². The second kappa shape index (κ2) is 8.72. The molecule has 4 nitrogen and oxygen atoms in total. The second-order valence-corrected chi connectivity index (χ2v) is 6.82. The van der Waals surface area contributed by atoms with Gasteiger partial charge in [-0.05, 0) is 41.7 Å². The molecule has 0 saturated heterocycles. The zero-order valence-electron chi connectivity index (χ0n) is 16.4. The predicted octanol–water partition coefficient (Wildman–Crippen LogP) is 5.32. The average Bonchev–Trinajstić information content (AvgIpc) is 2.71. The molecule has 0 radical (unpaired) electrons. The van der Waals surface area contributed by atoms with Gasteiger partial charge >= 0.3 is 18.1 Å². The Morgan fingerprint density at radius 1 is 1.13 bits per heavy atom. The minimum atomic E-state index is -5.27. The molecule has 1 aromatic rings. The molecule has 1 aromatic carbocycles. The molecule has 0 aliphatic heterocycles. The summed E-state index contributed by atoms with van der Waals surface area (Å²) in [6.45, 7) is 6.33. The number of halogens is 4. The van der Waals surface area contributed by atoms with Crippen molar-refractivity contribution in [2.24, 2.45) is 5.41 Å². The third-order valence-corrected chi connectivity index (χ3v) is 5.57. The zero-order valence-corrected chi connectivity index (χ0v) is 17.5. The van der Waals surface area contributed by atoms with Crippen LogP contribution in [0.5, 0.6) is 0 Å². The first-order valence-electron chi connectivity index (χ1n) is 9.06. The number of ether oxygens (including phenoxy) is 1. The van der Waals surface area contributed by atoms with Crippen molar-refractivity contribution < 1.29 is 36.4 Å². The van der Waals surface area contributed by atoms with E-state index < -0.39 is 34.8 Å². The first-order valence-corrected chi connectivity index (χ1v) is 9.53. The maximum atomic E-state index is 15.0. The Hall–Kier alpha value is -2.47. The van der Waals surface area contributed by atoms with Crippen molar-refractivity contribution in [2.75, 3.05) is 0 Å². The van der Waals surface area contributed by atoms with Crippen molar-refractivity contribution >= 4 is 21.4 Å². The molecule has 9 heteroatoms. The van der Waals surface area contributed by atoms with Crippen LogP contribution < -0.4 is 0 Å². The van der Waals surface area contributed by atoms with E-state index in [2.05, 4.69) is 11.1 Å². The largest absolute Gasteiger partial charge is 0.451 e. The van der Waals surface area contributed by atoms with E-state index in [0.29, 0.717) is 6.26 Å².